The van der Waals surface area contributed by atoms with Crippen LogP contribution < -0.4 is 18.9 Å². The molecule has 2 aromatic carbocycles. The summed E-state index contributed by atoms with van der Waals surface area (Å²) in [6.45, 7) is 6.63. The minimum Gasteiger partial charge on any atom is -0.378 e. The Hall–Kier alpha value is -4.18. The fourth-order valence-electron chi connectivity index (χ4n) is 5.79. The van der Waals surface area contributed by atoms with Crippen molar-refractivity contribution in [3.63, 3.8) is 0 Å². The first kappa shape index (κ1) is 40.0. The van der Waals surface area contributed by atoms with E-state index in [1.54, 1.807) is 0 Å². The third-order valence-corrected chi connectivity index (χ3v) is 8.83. The van der Waals surface area contributed by atoms with Gasteiger partial charge in [-0.25, -0.2) is 9.13 Å². The van der Waals surface area contributed by atoms with Crippen molar-refractivity contribution in [1.82, 2.24) is 0 Å². The Balaban J connectivity index is 0.00000400. The number of hydrogen-bond acceptors (Lipinski definition) is 2. The SMILES string of the molecule is Cc1c[n+](CCCCCCCCCC[n+]2ccc(/C=C/c3ccc(N(C)C)cc3)c(C)c2)ccc1/C=C/c1ccc(N(C)C)cc1.[CH3-].[CH3-]. The van der Waals surface area contributed by atoms with E-state index in [1.165, 1.54) is 96.1 Å². The summed E-state index contributed by atoms with van der Waals surface area (Å²) in [7, 11) is 8.29. The van der Waals surface area contributed by atoms with Crippen LogP contribution in [0.2, 0.25) is 0 Å². The van der Waals surface area contributed by atoms with Crippen LogP contribution in [0.1, 0.15) is 84.7 Å². The molecular weight excluding hydrogens is 585 g/mol. The fourth-order valence-corrected chi connectivity index (χ4v) is 5.79. The van der Waals surface area contributed by atoms with Gasteiger partial charge in [-0.2, -0.15) is 0 Å². The van der Waals surface area contributed by atoms with Crippen LogP contribution in [0.4, 0.5) is 11.4 Å². The van der Waals surface area contributed by atoms with Crippen molar-refractivity contribution in [2.75, 3.05) is 38.0 Å². The second kappa shape index (κ2) is 20.9. The molecule has 2 aromatic heterocycles. The van der Waals surface area contributed by atoms with Crippen LogP contribution in [-0.4, -0.2) is 28.2 Å². The molecule has 258 valence electrons. The van der Waals surface area contributed by atoms with Gasteiger partial charge >= 0.3 is 0 Å². The molecule has 0 aliphatic carbocycles. The maximum atomic E-state index is 2.35. The Bertz CT molecular complexity index is 1430. The normalized spacial score (nSPS) is 11.0. The molecule has 4 aromatic rings. The molecule has 4 nitrogen and oxygen atoms in total. The zero-order valence-electron chi connectivity index (χ0n) is 31.3. The van der Waals surface area contributed by atoms with Gasteiger partial charge in [0.25, 0.3) is 0 Å². The topological polar surface area (TPSA) is 14.2 Å². The van der Waals surface area contributed by atoms with Crippen molar-refractivity contribution in [3.05, 3.63) is 134 Å². The summed E-state index contributed by atoms with van der Waals surface area (Å²) in [5.41, 5.74) is 10.1. The highest BCUT2D eigenvalue weighted by Gasteiger charge is 2.06. The number of nitrogens with zero attached hydrogens (tertiary/aromatic N) is 4. The summed E-state index contributed by atoms with van der Waals surface area (Å²) in [6, 6.07) is 21.9. The first-order valence-corrected chi connectivity index (χ1v) is 17.2. The Kier molecular flexibility index (Phi) is 17.4. The Morgan fingerprint density at radius 2 is 0.792 bits per heavy atom. The van der Waals surface area contributed by atoms with E-state index < -0.39 is 0 Å². The lowest BCUT2D eigenvalue weighted by Gasteiger charge is -2.11. The van der Waals surface area contributed by atoms with Gasteiger partial charge in [-0.15, -0.1) is 0 Å². The Labute approximate surface area is 294 Å². The van der Waals surface area contributed by atoms with Crippen LogP contribution in [-0.2, 0) is 13.1 Å². The van der Waals surface area contributed by atoms with Crippen LogP contribution in [0, 0.1) is 28.7 Å². The number of unbranched alkanes of at least 4 members (excludes halogenated alkanes) is 7. The molecule has 0 atom stereocenters. The largest absolute Gasteiger partial charge is 0.378 e. The van der Waals surface area contributed by atoms with Crippen molar-refractivity contribution >= 4 is 35.7 Å². The molecule has 0 fully saturated rings. The summed E-state index contributed by atoms with van der Waals surface area (Å²) in [5, 5.41) is 0. The van der Waals surface area contributed by atoms with Gasteiger partial charge in [0.1, 0.15) is 13.1 Å². The zero-order valence-corrected chi connectivity index (χ0v) is 31.3. The lowest BCUT2D eigenvalue weighted by molar-refractivity contribution is -0.697. The number of hydrogen-bond donors (Lipinski definition) is 0. The molecule has 0 bridgehead atoms. The smallest absolute Gasteiger partial charge is 0.172 e. The predicted molar refractivity (Wildman–Crippen MR) is 212 cm³/mol. The van der Waals surface area contributed by atoms with Crippen LogP contribution in [0.15, 0.2) is 85.5 Å². The van der Waals surface area contributed by atoms with E-state index in [1.807, 2.05) is 0 Å². The van der Waals surface area contributed by atoms with Crippen molar-refractivity contribution in [2.24, 2.45) is 0 Å². The van der Waals surface area contributed by atoms with Gasteiger partial charge in [0.05, 0.1) is 0 Å². The van der Waals surface area contributed by atoms with E-state index in [0.29, 0.717) is 0 Å². The Morgan fingerprint density at radius 1 is 0.458 bits per heavy atom. The van der Waals surface area contributed by atoms with Gasteiger partial charge < -0.3 is 24.7 Å². The molecule has 0 N–H and O–H groups in total. The molecule has 0 radical (unpaired) electrons. The van der Waals surface area contributed by atoms with E-state index in [2.05, 4.69) is 171 Å². The second-order valence-corrected chi connectivity index (χ2v) is 13.1. The lowest BCUT2D eigenvalue weighted by atomic mass is 10.1. The molecule has 2 heterocycles. The van der Waals surface area contributed by atoms with Crippen molar-refractivity contribution in [2.45, 2.75) is 78.3 Å². The standard InChI is InChI=1S/C42H56N4.2CH3/c1-35-33-45(31-27-39(35)21-15-37-17-23-41(24-18-37)43(3)4)29-13-11-9-7-8-10-12-14-30-46-32-28-40(36(2)34-46)22-16-38-19-25-42(26-20-38)44(5)6;;/h15-28,31-34H,7-14,29-30H2,1-6H3;2*1H3/q+2;2*-1. The van der Waals surface area contributed by atoms with Crippen molar-refractivity contribution < 1.29 is 9.13 Å². The molecule has 48 heavy (non-hydrogen) atoms. The van der Waals surface area contributed by atoms with Crippen LogP contribution in [0.3, 0.4) is 0 Å². The molecule has 0 amide bonds. The molecule has 4 heteroatoms. The average Bonchev–Trinajstić information content (AvgIpc) is 3.05. The fraction of sp³-hybridized carbons (Fsp3) is 0.364. The van der Waals surface area contributed by atoms with E-state index in [0.717, 1.165) is 13.1 Å². The van der Waals surface area contributed by atoms with Crippen LogP contribution >= 0.6 is 0 Å². The molecular formula is C44H62N4. The monoisotopic (exact) mass is 646 g/mol. The molecule has 0 saturated carbocycles. The van der Waals surface area contributed by atoms with Gasteiger partial charge in [-0.3, -0.25) is 0 Å². The van der Waals surface area contributed by atoms with Crippen molar-refractivity contribution in [3.8, 4) is 0 Å². The highest BCUT2D eigenvalue weighted by Crippen LogP contribution is 2.17. The summed E-state index contributed by atoms with van der Waals surface area (Å²) in [5.74, 6) is 0. The van der Waals surface area contributed by atoms with Crippen LogP contribution in [0.5, 0.6) is 0 Å². The number of aromatic nitrogens is 2. The molecule has 0 saturated heterocycles. The minimum atomic E-state index is 0. The van der Waals surface area contributed by atoms with Gasteiger partial charge in [-0.05, 0) is 73.2 Å². The summed E-state index contributed by atoms with van der Waals surface area (Å²) >= 11 is 0. The first-order valence-electron chi connectivity index (χ1n) is 17.2. The lowest BCUT2D eigenvalue weighted by Crippen LogP contribution is -2.33. The molecule has 0 aliphatic heterocycles. The maximum Gasteiger partial charge on any atom is 0.172 e. The first-order chi connectivity index (χ1) is 22.3. The number of aryl methyl sites for hydroxylation is 4. The molecule has 0 unspecified atom stereocenters. The van der Waals surface area contributed by atoms with Crippen molar-refractivity contribution in [1.29, 1.82) is 0 Å². The maximum absolute atomic E-state index is 2.35. The van der Waals surface area contributed by atoms with Gasteiger partial charge in [0.15, 0.2) is 24.8 Å². The zero-order chi connectivity index (χ0) is 32.7. The highest BCUT2D eigenvalue weighted by atomic mass is 15.1. The predicted octanol–water partition coefficient (Wildman–Crippen LogP) is 10.1. The van der Waals surface area contributed by atoms with Gasteiger partial charge in [0.2, 0.25) is 0 Å². The summed E-state index contributed by atoms with van der Waals surface area (Å²) < 4.78 is 4.70. The quantitative estimate of drug-likeness (QED) is 0.0644. The third kappa shape index (κ3) is 13.1. The summed E-state index contributed by atoms with van der Waals surface area (Å²) in [4.78, 5) is 4.26. The molecule has 4 rings (SSSR count). The number of anilines is 2. The van der Waals surface area contributed by atoms with Gasteiger partial charge in [0, 0.05) is 75.7 Å². The minimum absolute atomic E-state index is 0. The summed E-state index contributed by atoms with van der Waals surface area (Å²) in [6.07, 6.45) is 28.4. The van der Waals surface area contributed by atoms with E-state index in [9.17, 15) is 0 Å². The number of rotatable bonds is 17. The second-order valence-electron chi connectivity index (χ2n) is 13.1. The average molecular weight is 647 g/mol. The number of pyridine rings is 2. The highest BCUT2D eigenvalue weighted by molar-refractivity contribution is 5.72. The third-order valence-electron chi connectivity index (χ3n) is 8.83. The van der Waals surface area contributed by atoms with Gasteiger partial charge in [-0.1, -0.05) is 74.3 Å². The Morgan fingerprint density at radius 3 is 1.10 bits per heavy atom. The molecule has 0 spiro atoms. The van der Waals surface area contributed by atoms with E-state index >= 15 is 0 Å². The number of benzene rings is 2. The van der Waals surface area contributed by atoms with Crippen LogP contribution in [0.25, 0.3) is 24.3 Å². The van der Waals surface area contributed by atoms with E-state index in [-0.39, 0.29) is 14.9 Å². The molecule has 0 aliphatic rings. The van der Waals surface area contributed by atoms with E-state index in [4.69, 9.17) is 0 Å².